The van der Waals surface area contributed by atoms with E-state index < -0.39 is 0 Å². The maximum Gasteiger partial charge on any atom is 0.247 e. The summed E-state index contributed by atoms with van der Waals surface area (Å²) in [5.74, 6) is 0.847. The van der Waals surface area contributed by atoms with Gasteiger partial charge < -0.3 is 9.64 Å². The number of thiophene rings is 1. The van der Waals surface area contributed by atoms with Gasteiger partial charge in [-0.05, 0) is 52.8 Å². The summed E-state index contributed by atoms with van der Waals surface area (Å²) in [5, 5.41) is 2.13. The maximum atomic E-state index is 13.0. The van der Waals surface area contributed by atoms with Gasteiger partial charge in [-0.1, -0.05) is 42.5 Å². The first kappa shape index (κ1) is 17.6. The monoisotopic (exact) mass is 375 g/mol. The van der Waals surface area contributed by atoms with Gasteiger partial charge >= 0.3 is 0 Å². The van der Waals surface area contributed by atoms with Crippen molar-refractivity contribution >= 4 is 23.3 Å². The number of methoxy groups -OCH3 is 1. The number of fused-ring (bicyclic) bond motifs is 1. The van der Waals surface area contributed by atoms with Crippen LogP contribution in [0.1, 0.15) is 27.6 Å². The zero-order valence-electron chi connectivity index (χ0n) is 15.2. The number of benzene rings is 2. The third kappa shape index (κ3) is 3.67. The third-order valence-electron chi connectivity index (χ3n) is 4.90. The average Bonchev–Trinajstić information content (AvgIpc) is 3.21. The Morgan fingerprint density at radius 1 is 1.11 bits per heavy atom. The summed E-state index contributed by atoms with van der Waals surface area (Å²) in [6, 6.07) is 20.1. The van der Waals surface area contributed by atoms with Gasteiger partial charge in [0.25, 0.3) is 0 Å². The quantitative estimate of drug-likeness (QED) is 0.604. The topological polar surface area (TPSA) is 29.5 Å². The van der Waals surface area contributed by atoms with Crippen LogP contribution in [0.3, 0.4) is 0 Å². The van der Waals surface area contributed by atoms with Crippen molar-refractivity contribution in [3.05, 3.63) is 93.7 Å². The molecular formula is C23H21NO2S. The van der Waals surface area contributed by atoms with Crippen LogP contribution >= 0.6 is 11.3 Å². The van der Waals surface area contributed by atoms with Crippen LogP contribution in [-0.4, -0.2) is 24.5 Å². The zero-order valence-corrected chi connectivity index (χ0v) is 16.0. The number of hydrogen-bond donors (Lipinski definition) is 0. The molecule has 0 radical (unpaired) electrons. The highest BCUT2D eigenvalue weighted by molar-refractivity contribution is 7.10. The van der Waals surface area contributed by atoms with E-state index in [0.29, 0.717) is 0 Å². The largest absolute Gasteiger partial charge is 0.497 e. The smallest absolute Gasteiger partial charge is 0.247 e. The maximum absolute atomic E-state index is 13.0. The number of ether oxygens (including phenoxy) is 1. The molecular weight excluding hydrogens is 354 g/mol. The number of rotatable bonds is 4. The van der Waals surface area contributed by atoms with E-state index in [1.54, 1.807) is 24.5 Å². The van der Waals surface area contributed by atoms with Crippen molar-refractivity contribution in [2.45, 2.75) is 12.5 Å². The molecule has 1 aliphatic rings. The molecule has 0 spiro atoms. The molecule has 2 aromatic carbocycles. The first-order valence-corrected chi connectivity index (χ1v) is 9.88. The van der Waals surface area contributed by atoms with Gasteiger partial charge in [-0.25, -0.2) is 0 Å². The lowest BCUT2D eigenvalue weighted by Crippen LogP contribution is -2.39. The van der Waals surface area contributed by atoms with Gasteiger partial charge in [0.05, 0.1) is 13.2 Å². The molecule has 3 aromatic rings. The highest BCUT2D eigenvalue weighted by Crippen LogP contribution is 2.37. The van der Waals surface area contributed by atoms with E-state index in [2.05, 4.69) is 23.6 Å². The molecule has 4 heteroatoms. The Bertz CT molecular complexity index is 944. The number of nitrogens with zero attached hydrogens (tertiary/aromatic N) is 1. The summed E-state index contributed by atoms with van der Waals surface area (Å²) in [4.78, 5) is 16.4. The molecule has 0 bridgehead atoms. The predicted octanol–water partition coefficient (Wildman–Crippen LogP) is 4.94. The summed E-state index contributed by atoms with van der Waals surface area (Å²) in [7, 11) is 1.65. The van der Waals surface area contributed by atoms with Gasteiger partial charge in [0.1, 0.15) is 5.75 Å². The summed E-state index contributed by atoms with van der Waals surface area (Å²) in [6.07, 6.45) is 4.46. The Morgan fingerprint density at radius 2 is 1.89 bits per heavy atom. The van der Waals surface area contributed by atoms with E-state index in [0.717, 1.165) is 29.8 Å². The molecule has 4 rings (SSSR count). The lowest BCUT2D eigenvalue weighted by molar-refractivity contribution is -0.127. The SMILES string of the molecule is COc1ccc(/C=C/C(=O)N2CCc3sccc3C2c2ccccc2)cc1. The van der Waals surface area contributed by atoms with E-state index >= 15 is 0 Å². The minimum absolute atomic E-state index is 0.0192. The minimum Gasteiger partial charge on any atom is -0.497 e. The Morgan fingerprint density at radius 3 is 2.63 bits per heavy atom. The van der Waals surface area contributed by atoms with Gasteiger partial charge in [-0.2, -0.15) is 0 Å². The van der Waals surface area contributed by atoms with E-state index in [-0.39, 0.29) is 11.9 Å². The van der Waals surface area contributed by atoms with Crippen LogP contribution in [0.5, 0.6) is 5.75 Å². The number of hydrogen-bond acceptors (Lipinski definition) is 3. The van der Waals surface area contributed by atoms with Gasteiger partial charge in [0.15, 0.2) is 0 Å². The van der Waals surface area contributed by atoms with E-state index in [1.807, 2.05) is 53.4 Å². The van der Waals surface area contributed by atoms with Gasteiger partial charge in [-0.15, -0.1) is 11.3 Å². The summed E-state index contributed by atoms with van der Waals surface area (Å²) < 4.78 is 5.18. The first-order chi connectivity index (χ1) is 13.3. The second-order valence-corrected chi connectivity index (χ2v) is 7.50. The molecule has 0 aliphatic carbocycles. The standard InChI is InChI=1S/C23H21NO2S/c1-26-19-10-7-17(8-11-19)9-12-22(25)24-15-13-21-20(14-16-27-21)23(24)18-5-3-2-4-6-18/h2-12,14,16,23H,13,15H2,1H3/b12-9+. The number of amides is 1. The number of carbonyl (C=O) groups excluding carboxylic acids is 1. The number of carbonyl (C=O) groups is 1. The van der Waals surface area contributed by atoms with Gasteiger partial charge in [0.2, 0.25) is 5.91 Å². The molecule has 0 saturated carbocycles. The summed E-state index contributed by atoms with van der Waals surface area (Å²) in [5.41, 5.74) is 3.39. The van der Waals surface area contributed by atoms with Crippen LogP contribution < -0.4 is 4.74 Å². The van der Waals surface area contributed by atoms with E-state index in [1.165, 1.54) is 10.4 Å². The van der Waals surface area contributed by atoms with Gasteiger partial charge in [0, 0.05) is 17.5 Å². The Kier molecular flexibility index (Phi) is 5.07. The molecule has 1 atom stereocenters. The van der Waals surface area contributed by atoms with Crippen LogP contribution in [0, 0.1) is 0 Å². The molecule has 27 heavy (non-hydrogen) atoms. The van der Waals surface area contributed by atoms with Crippen molar-refractivity contribution in [1.29, 1.82) is 0 Å². The van der Waals surface area contributed by atoms with Crippen LogP contribution in [0.15, 0.2) is 72.1 Å². The third-order valence-corrected chi connectivity index (χ3v) is 5.89. The minimum atomic E-state index is -0.0192. The highest BCUT2D eigenvalue weighted by atomic mass is 32.1. The normalized spacial score (nSPS) is 16.3. The molecule has 2 heterocycles. The highest BCUT2D eigenvalue weighted by Gasteiger charge is 2.31. The Hall–Kier alpha value is -2.85. The van der Waals surface area contributed by atoms with Crippen molar-refractivity contribution in [3.8, 4) is 5.75 Å². The van der Waals surface area contributed by atoms with Crippen LogP contribution in [0.2, 0.25) is 0 Å². The second kappa shape index (κ2) is 7.80. The van der Waals surface area contributed by atoms with Crippen molar-refractivity contribution in [3.63, 3.8) is 0 Å². The van der Waals surface area contributed by atoms with Crippen molar-refractivity contribution in [2.24, 2.45) is 0 Å². The molecule has 1 aliphatic heterocycles. The zero-order chi connectivity index (χ0) is 18.6. The van der Waals surface area contributed by atoms with E-state index in [9.17, 15) is 4.79 Å². The fourth-order valence-corrected chi connectivity index (χ4v) is 4.43. The van der Waals surface area contributed by atoms with Gasteiger partial charge in [-0.3, -0.25) is 4.79 Å². The van der Waals surface area contributed by atoms with Crippen LogP contribution in [0.4, 0.5) is 0 Å². The summed E-state index contributed by atoms with van der Waals surface area (Å²) in [6.45, 7) is 0.735. The average molecular weight is 375 g/mol. The Labute approximate surface area is 163 Å². The lowest BCUT2D eigenvalue weighted by atomic mass is 9.93. The molecule has 3 nitrogen and oxygen atoms in total. The first-order valence-electron chi connectivity index (χ1n) is 9.00. The molecule has 0 N–H and O–H groups in total. The molecule has 0 fully saturated rings. The lowest BCUT2D eigenvalue weighted by Gasteiger charge is -2.35. The second-order valence-electron chi connectivity index (χ2n) is 6.50. The van der Waals surface area contributed by atoms with Crippen LogP contribution in [-0.2, 0) is 11.2 Å². The predicted molar refractivity (Wildman–Crippen MR) is 110 cm³/mol. The fourth-order valence-electron chi connectivity index (χ4n) is 3.53. The summed E-state index contributed by atoms with van der Waals surface area (Å²) >= 11 is 1.78. The van der Waals surface area contributed by atoms with Crippen LogP contribution in [0.25, 0.3) is 6.08 Å². The molecule has 1 amide bonds. The Balaban J connectivity index is 1.60. The van der Waals surface area contributed by atoms with E-state index in [4.69, 9.17) is 4.74 Å². The van der Waals surface area contributed by atoms with Crippen molar-refractivity contribution in [1.82, 2.24) is 4.90 Å². The fraction of sp³-hybridized carbons (Fsp3) is 0.174. The molecule has 1 unspecified atom stereocenters. The molecule has 136 valence electrons. The molecule has 1 aromatic heterocycles. The molecule has 0 saturated heterocycles. The van der Waals surface area contributed by atoms with Crippen molar-refractivity contribution in [2.75, 3.05) is 13.7 Å². The van der Waals surface area contributed by atoms with Crippen molar-refractivity contribution < 1.29 is 9.53 Å².